The third-order valence-corrected chi connectivity index (χ3v) is 3.46. The van der Waals surface area contributed by atoms with Gasteiger partial charge in [0.05, 0.1) is 7.11 Å². The maximum atomic E-state index is 12.0. The van der Waals surface area contributed by atoms with Crippen LogP contribution in [0, 0.1) is 0 Å². The van der Waals surface area contributed by atoms with E-state index in [-0.39, 0.29) is 18.7 Å². The van der Waals surface area contributed by atoms with E-state index in [1.807, 2.05) is 18.2 Å². The van der Waals surface area contributed by atoms with Crippen molar-refractivity contribution in [1.82, 2.24) is 5.32 Å². The topological polar surface area (TPSA) is 64.6 Å². The number of carbonyl (C=O) groups excluding carboxylic acids is 2. The SMILES string of the molecule is COc1ccccc1C(=O)OCC(=O)NCc1ccccc1Cl. The number of ether oxygens (including phenoxy) is 2. The number of hydrogen-bond donors (Lipinski definition) is 1. The average molecular weight is 334 g/mol. The van der Waals surface area contributed by atoms with Crippen LogP contribution in [-0.4, -0.2) is 25.6 Å². The fourth-order valence-electron chi connectivity index (χ4n) is 1.91. The highest BCUT2D eigenvalue weighted by atomic mass is 35.5. The molecular weight excluding hydrogens is 318 g/mol. The van der Waals surface area contributed by atoms with E-state index in [2.05, 4.69) is 5.32 Å². The lowest BCUT2D eigenvalue weighted by Gasteiger charge is -2.09. The van der Waals surface area contributed by atoms with Crippen molar-refractivity contribution < 1.29 is 19.1 Å². The quantitative estimate of drug-likeness (QED) is 0.826. The van der Waals surface area contributed by atoms with Crippen molar-refractivity contribution in [2.24, 2.45) is 0 Å². The Hall–Kier alpha value is -2.53. The highest BCUT2D eigenvalue weighted by molar-refractivity contribution is 6.31. The Kier molecular flexibility index (Phi) is 6.00. The smallest absolute Gasteiger partial charge is 0.342 e. The van der Waals surface area contributed by atoms with Gasteiger partial charge in [0, 0.05) is 11.6 Å². The molecule has 6 heteroatoms. The highest BCUT2D eigenvalue weighted by Gasteiger charge is 2.14. The first-order chi connectivity index (χ1) is 11.1. The summed E-state index contributed by atoms with van der Waals surface area (Å²) in [5.74, 6) is -0.627. The monoisotopic (exact) mass is 333 g/mol. The first-order valence-electron chi connectivity index (χ1n) is 6.92. The molecule has 1 N–H and O–H groups in total. The van der Waals surface area contributed by atoms with Crippen LogP contribution >= 0.6 is 11.6 Å². The summed E-state index contributed by atoms with van der Waals surface area (Å²) in [5.41, 5.74) is 1.06. The van der Waals surface area contributed by atoms with E-state index in [0.29, 0.717) is 10.8 Å². The lowest BCUT2D eigenvalue weighted by atomic mass is 10.2. The van der Waals surface area contributed by atoms with Gasteiger partial charge in [-0.05, 0) is 23.8 Å². The molecule has 5 nitrogen and oxygen atoms in total. The largest absolute Gasteiger partial charge is 0.496 e. The minimum absolute atomic E-state index is 0.269. The number of carbonyl (C=O) groups is 2. The summed E-state index contributed by atoms with van der Waals surface area (Å²) in [6, 6.07) is 13.8. The van der Waals surface area contributed by atoms with Gasteiger partial charge >= 0.3 is 5.97 Å². The first kappa shape index (κ1) is 16.8. The molecule has 2 aromatic rings. The van der Waals surface area contributed by atoms with E-state index in [4.69, 9.17) is 21.1 Å². The maximum absolute atomic E-state index is 12.0. The van der Waals surface area contributed by atoms with Crippen molar-refractivity contribution >= 4 is 23.5 Å². The van der Waals surface area contributed by atoms with Crippen molar-refractivity contribution in [2.75, 3.05) is 13.7 Å². The summed E-state index contributed by atoms with van der Waals surface area (Å²) in [5, 5.41) is 3.21. The van der Waals surface area contributed by atoms with Gasteiger partial charge in [-0.2, -0.15) is 0 Å². The minimum atomic E-state index is -0.615. The van der Waals surface area contributed by atoms with E-state index in [1.165, 1.54) is 7.11 Å². The molecule has 0 bridgehead atoms. The molecule has 0 heterocycles. The Balaban J connectivity index is 1.84. The zero-order valence-corrected chi connectivity index (χ0v) is 13.3. The van der Waals surface area contributed by atoms with Gasteiger partial charge in [-0.25, -0.2) is 4.79 Å². The second-order valence-electron chi connectivity index (χ2n) is 4.64. The molecule has 0 saturated carbocycles. The molecule has 1 amide bonds. The van der Waals surface area contributed by atoms with E-state index in [0.717, 1.165) is 5.56 Å². The third-order valence-electron chi connectivity index (χ3n) is 3.10. The lowest BCUT2D eigenvalue weighted by Crippen LogP contribution is -2.28. The van der Waals surface area contributed by atoms with E-state index in [9.17, 15) is 9.59 Å². The van der Waals surface area contributed by atoms with E-state index >= 15 is 0 Å². The molecule has 0 aromatic heterocycles. The molecule has 0 aliphatic carbocycles. The Bertz CT molecular complexity index is 702. The van der Waals surface area contributed by atoms with Crippen LogP contribution in [0.15, 0.2) is 48.5 Å². The van der Waals surface area contributed by atoms with E-state index in [1.54, 1.807) is 30.3 Å². The predicted octanol–water partition coefficient (Wildman–Crippen LogP) is 2.82. The van der Waals surface area contributed by atoms with Crippen LogP contribution in [0.25, 0.3) is 0 Å². The van der Waals surface area contributed by atoms with Crippen LogP contribution in [0.4, 0.5) is 0 Å². The van der Waals surface area contributed by atoms with Crippen LogP contribution in [0.5, 0.6) is 5.75 Å². The number of rotatable bonds is 6. The second-order valence-corrected chi connectivity index (χ2v) is 5.05. The number of nitrogens with one attached hydrogen (secondary N) is 1. The van der Waals surface area contributed by atoms with Gasteiger partial charge in [0.25, 0.3) is 5.91 Å². The standard InChI is InChI=1S/C17H16ClNO4/c1-22-15-9-5-3-7-13(15)17(21)23-11-16(20)19-10-12-6-2-4-8-14(12)18/h2-9H,10-11H2,1H3,(H,19,20). The number of esters is 1. The number of hydrogen-bond acceptors (Lipinski definition) is 4. The summed E-state index contributed by atoms with van der Waals surface area (Å²) in [7, 11) is 1.46. The van der Waals surface area contributed by atoms with Gasteiger partial charge < -0.3 is 14.8 Å². The number of benzene rings is 2. The summed E-state index contributed by atoms with van der Waals surface area (Å²) in [6.07, 6.45) is 0. The van der Waals surface area contributed by atoms with Crippen molar-refractivity contribution in [2.45, 2.75) is 6.54 Å². The number of para-hydroxylation sites is 1. The van der Waals surface area contributed by atoms with Gasteiger partial charge in [0.15, 0.2) is 6.61 Å². The zero-order valence-electron chi connectivity index (χ0n) is 12.5. The Morgan fingerprint density at radius 1 is 1.09 bits per heavy atom. The summed E-state index contributed by atoms with van der Waals surface area (Å²) < 4.78 is 10.1. The summed E-state index contributed by atoms with van der Waals surface area (Å²) in [4.78, 5) is 23.7. The highest BCUT2D eigenvalue weighted by Crippen LogP contribution is 2.18. The molecule has 0 aliphatic rings. The van der Waals surface area contributed by atoms with Gasteiger partial charge in [0.1, 0.15) is 11.3 Å². The molecule has 0 atom stereocenters. The molecule has 0 aliphatic heterocycles. The zero-order chi connectivity index (χ0) is 16.7. The molecular formula is C17H16ClNO4. The second kappa shape index (κ2) is 8.19. The fraction of sp³-hybridized carbons (Fsp3) is 0.176. The minimum Gasteiger partial charge on any atom is -0.496 e. The number of methoxy groups -OCH3 is 1. The molecule has 0 spiro atoms. The van der Waals surface area contributed by atoms with E-state index < -0.39 is 11.9 Å². The molecule has 120 valence electrons. The molecule has 0 unspecified atom stereocenters. The molecule has 23 heavy (non-hydrogen) atoms. The van der Waals surface area contributed by atoms with Crippen LogP contribution in [0.3, 0.4) is 0 Å². The maximum Gasteiger partial charge on any atom is 0.342 e. The van der Waals surface area contributed by atoms with Gasteiger partial charge in [-0.1, -0.05) is 41.9 Å². The summed E-state index contributed by atoms with van der Waals surface area (Å²) >= 11 is 6.00. The van der Waals surface area contributed by atoms with Crippen molar-refractivity contribution in [1.29, 1.82) is 0 Å². The number of halogens is 1. The van der Waals surface area contributed by atoms with Crippen molar-refractivity contribution in [3.63, 3.8) is 0 Å². The Morgan fingerprint density at radius 3 is 2.52 bits per heavy atom. The average Bonchev–Trinajstić information content (AvgIpc) is 2.58. The first-order valence-corrected chi connectivity index (χ1v) is 7.30. The number of amides is 1. The van der Waals surface area contributed by atoms with Crippen LogP contribution in [0.1, 0.15) is 15.9 Å². The van der Waals surface area contributed by atoms with Crippen molar-refractivity contribution in [3.05, 3.63) is 64.7 Å². The molecule has 0 fully saturated rings. The molecule has 0 saturated heterocycles. The van der Waals surface area contributed by atoms with Crippen LogP contribution in [-0.2, 0) is 16.1 Å². The Labute approximate surface area is 139 Å². The molecule has 0 radical (unpaired) electrons. The third kappa shape index (κ3) is 4.72. The normalized spacial score (nSPS) is 10.0. The van der Waals surface area contributed by atoms with Gasteiger partial charge in [0.2, 0.25) is 0 Å². The van der Waals surface area contributed by atoms with Crippen LogP contribution < -0.4 is 10.1 Å². The lowest BCUT2D eigenvalue weighted by molar-refractivity contribution is -0.124. The predicted molar refractivity (Wildman–Crippen MR) is 86.6 cm³/mol. The van der Waals surface area contributed by atoms with Crippen LogP contribution in [0.2, 0.25) is 5.02 Å². The van der Waals surface area contributed by atoms with Gasteiger partial charge in [-0.15, -0.1) is 0 Å². The molecule has 2 aromatic carbocycles. The molecule has 2 rings (SSSR count). The van der Waals surface area contributed by atoms with Gasteiger partial charge in [-0.3, -0.25) is 4.79 Å². The Morgan fingerprint density at radius 2 is 1.78 bits per heavy atom. The fourth-order valence-corrected chi connectivity index (χ4v) is 2.11. The summed E-state index contributed by atoms with van der Waals surface area (Å²) in [6.45, 7) is -0.105. The van der Waals surface area contributed by atoms with Crippen molar-refractivity contribution in [3.8, 4) is 5.75 Å².